The minimum absolute atomic E-state index is 0.183. The van der Waals surface area contributed by atoms with Crippen LogP contribution in [0.1, 0.15) is 68.1 Å². The fourth-order valence-electron chi connectivity index (χ4n) is 6.95. The van der Waals surface area contributed by atoms with E-state index in [1.807, 2.05) is 12.1 Å². The Morgan fingerprint density at radius 1 is 0.500 bits per heavy atom. The fraction of sp³-hybridized carbons (Fsp3) is 0.109. The van der Waals surface area contributed by atoms with Gasteiger partial charge in [0.15, 0.2) is 0 Å². The quantitative estimate of drug-likeness (QED) is 0.0706. The summed E-state index contributed by atoms with van der Waals surface area (Å²) >= 11 is 0. The summed E-state index contributed by atoms with van der Waals surface area (Å²) in [6, 6.07) is 60.2. The topological polar surface area (TPSA) is 29.5 Å². The standard InChI is InChI=1S/C55H49NO2/c1-38(2)55(57)58-37-45-23-31-52(32-24-45)56(50-27-19-43(20-28-50)35-53(46-13-9-7-10-14-46)48-25-17-39(3)41(5)33-48)51-29-21-44(22-30-51)36-54(47-15-11-8-12-16-47)49-26-18-40(4)42(6)34-49/h7-36H,1,37H2,2-6H3/b53-35-,54-36+. The Kier molecular flexibility index (Phi) is 12.1. The first-order valence-electron chi connectivity index (χ1n) is 19.7. The van der Waals surface area contributed by atoms with Crippen LogP contribution in [0.4, 0.5) is 17.1 Å². The van der Waals surface area contributed by atoms with Crippen molar-refractivity contribution in [1.82, 2.24) is 0 Å². The van der Waals surface area contributed by atoms with Crippen LogP contribution in [0.2, 0.25) is 0 Å². The van der Waals surface area contributed by atoms with E-state index in [4.69, 9.17) is 4.74 Å². The molecule has 0 spiro atoms. The predicted molar refractivity (Wildman–Crippen MR) is 244 cm³/mol. The zero-order valence-electron chi connectivity index (χ0n) is 34.0. The minimum atomic E-state index is -0.394. The van der Waals surface area contributed by atoms with Gasteiger partial charge in [-0.25, -0.2) is 4.79 Å². The van der Waals surface area contributed by atoms with Crippen molar-refractivity contribution in [3.05, 3.63) is 243 Å². The number of anilines is 3. The number of rotatable bonds is 12. The smallest absolute Gasteiger partial charge is 0.333 e. The van der Waals surface area contributed by atoms with E-state index in [1.165, 1.54) is 55.7 Å². The lowest BCUT2D eigenvalue weighted by molar-refractivity contribution is -0.140. The largest absolute Gasteiger partial charge is 0.457 e. The molecule has 286 valence electrons. The van der Waals surface area contributed by atoms with Gasteiger partial charge in [0.2, 0.25) is 0 Å². The molecule has 0 heterocycles. The van der Waals surface area contributed by atoms with E-state index in [0.717, 1.165) is 33.8 Å². The minimum Gasteiger partial charge on any atom is -0.457 e. The highest BCUT2D eigenvalue weighted by atomic mass is 16.5. The van der Waals surface area contributed by atoms with Gasteiger partial charge in [-0.15, -0.1) is 0 Å². The maximum absolute atomic E-state index is 12.1. The molecule has 7 aromatic carbocycles. The molecule has 0 saturated heterocycles. The molecular formula is C55H49NO2. The van der Waals surface area contributed by atoms with Crippen molar-refractivity contribution in [3.8, 4) is 0 Å². The van der Waals surface area contributed by atoms with Gasteiger partial charge in [0.05, 0.1) is 0 Å². The molecule has 7 rings (SSSR count). The molecule has 0 radical (unpaired) electrons. The molecule has 0 saturated carbocycles. The molecule has 0 aromatic heterocycles. The van der Waals surface area contributed by atoms with Crippen molar-refractivity contribution in [2.45, 2.75) is 41.2 Å². The average Bonchev–Trinajstić information content (AvgIpc) is 3.25. The number of esters is 1. The number of aryl methyl sites for hydroxylation is 4. The van der Waals surface area contributed by atoms with Crippen molar-refractivity contribution < 1.29 is 9.53 Å². The maximum Gasteiger partial charge on any atom is 0.333 e. The molecule has 0 N–H and O–H groups in total. The SMILES string of the molecule is C=C(C)C(=O)OCc1ccc(N(c2ccc(/C=C(/c3ccccc3)c3ccc(C)c(C)c3)cc2)c2ccc(/C=C(\c3ccccc3)c3ccc(C)c(C)c3)cc2)cc1. The molecule has 58 heavy (non-hydrogen) atoms. The Hall–Kier alpha value is -6.97. The van der Waals surface area contributed by atoms with Gasteiger partial charge in [-0.1, -0.05) is 140 Å². The third-order valence-electron chi connectivity index (χ3n) is 10.6. The van der Waals surface area contributed by atoms with Crippen LogP contribution in [0.15, 0.2) is 182 Å². The molecule has 0 amide bonds. The normalized spacial score (nSPS) is 11.6. The molecule has 7 aromatic rings. The van der Waals surface area contributed by atoms with Gasteiger partial charge in [-0.3, -0.25) is 0 Å². The van der Waals surface area contributed by atoms with Crippen LogP contribution < -0.4 is 4.90 Å². The van der Waals surface area contributed by atoms with Crippen LogP contribution in [-0.2, 0) is 16.1 Å². The Balaban J connectivity index is 1.26. The second-order valence-electron chi connectivity index (χ2n) is 15.0. The second kappa shape index (κ2) is 17.9. The average molecular weight is 756 g/mol. The molecule has 0 aliphatic carbocycles. The van der Waals surface area contributed by atoms with Crippen LogP contribution >= 0.6 is 0 Å². The molecule has 0 aliphatic rings. The Morgan fingerprint density at radius 3 is 1.28 bits per heavy atom. The monoisotopic (exact) mass is 755 g/mol. The van der Waals surface area contributed by atoms with Crippen LogP contribution in [0.25, 0.3) is 23.3 Å². The molecular weight excluding hydrogens is 707 g/mol. The van der Waals surface area contributed by atoms with Crippen molar-refractivity contribution >= 4 is 46.3 Å². The van der Waals surface area contributed by atoms with Gasteiger partial charge < -0.3 is 9.64 Å². The zero-order chi connectivity index (χ0) is 40.6. The number of ether oxygens (including phenoxy) is 1. The maximum atomic E-state index is 12.1. The summed E-state index contributed by atoms with van der Waals surface area (Å²) in [4.78, 5) is 14.3. The summed E-state index contributed by atoms with van der Waals surface area (Å²) in [5, 5.41) is 0. The Bertz CT molecular complexity index is 2450. The number of nitrogens with zero attached hydrogens (tertiary/aromatic N) is 1. The molecule has 3 nitrogen and oxygen atoms in total. The molecule has 3 heteroatoms. The first-order valence-corrected chi connectivity index (χ1v) is 19.7. The van der Waals surface area contributed by atoms with Crippen molar-refractivity contribution in [2.24, 2.45) is 0 Å². The van der Waals surface area contributed by atoms with E-state index in [0.29, 0.717) is 5.57 Å². The summed E-state index contributed by atoms with van der Waals surface area (Å²) < 4.78 is 5.44. The second-order valence-corrected chi connectivity index (χ2v) is 15.0. The lowest BCUT2D eigenvalue weighted by Crippen LogP contribution is -2.10. The molecule has 0 bridgehead atoms. The Labute approximate surface area is 343 Å². The number of hydrogen-bond donors (Lipinski definition) is 0. The number of carbonyl (C=O) groups excluding carboxylic acids is 1. The van der Waals surface area contributed by atoms with Crippen molar-refractivity contribution in [1.29, 1.82) is 0 Å². The van der Waals surface area contributed by atoms with Gasteiger partial charge in [0.1, 0.15) is 6.61 Å². The lowest BCUT2D eigenvalue weighted by Gasteiger charge is -2.26. The summed E-state index contributed by atoms with van der Waals surface area (Å²) in [6.45, 7) is 14.2. The van der Waals surface area contributed by atoms with Crippen LogP contribution in [0.3, 0.4) is 0 Å². The van der Waals surface area contributed by atoms with Gasteiger partial charge >= 0.3 is 5.97 Å². The number of hydrogen-bond acceptors (Lipinski definition) is 3. The van der Waals surface area contributed by atoms with E-state index in [-0.39, 0.29) is 6.61 Å². The van der Waals surface area contributed by atoms with Gasteiger partial charge in [0, 0.05) is 22.6 Å². The highest BCUT2D eigenvalue weighted by molar-refractivity contribution is 5.93. The van der Waals surface area contributed by atoms with E-state index in [9.17, 15) is 4.79 Å². The van der Waals surface area contributed by atoms with Crippen molar-refractivity contribution in [2.75, 3.05) is 4.90 Å². The van der Waals surface area contributed by atoms with E-state index >= 15 is 0 Å². The van der Waals surface area contributed by atoms with Crippen LogP contribution in [0.5, 0.6) is 0 Å². The Morgan fingerprint density at radius 2 is 0.897 bits per heavy atom. The van der Waals surface area contributed by atoms with Crippen LogP contribution in [0, 0.1) is 27.7 Å². The number of benzene rings is 7. The lowest BCUT2D eigenvalue weighted by atomic mass is 9.93. The van der Waals surface area contributed by atoms with Gasteiger partial charge in [0.25, 0.3) is 0 Å². The van der Waals surface area contributed by atoms with Crippen LogP contribution in [-0.4, -0.2) is 5.97 Å². The first-order chi connectivity index (χ1) is 28.1. The fourth-order valence-corrected chi connectivity index (χ4v) is 6.95. The predicted octanol–water partition coefficient (Wildman–Crippen LogP) is 14.2. The molecule has 0 aliphatic heterocycles. The molecule has 0 unspecified atom stereocenters. The first kappa shape index (κ1) is 39.3. The summed E-state index contributed by atoms with van der Waals surface area (Å²) in [7, 11) is 0. The van der Waals surface area contributed by atoms with E-state index in [2.05, 4.69) is 209 Å². The van der Waals surface area contributed by atoms with Crippen molar-refractivity contribution in [3.63, 3.8) is 0 Å². The summed E-state index contributed by atoms with van der Waals surface area (Å²) in [5.41, 5.74) is 18.7. The summed E-state index contributed by atoms with van der Waals surface area (Å²) in [5.74, 6) is -0.394. The molecule has 0 fully saturated rings. The highest BCUT2D eigenvalue weighted by Crippen LogP contribution is 2.37. The van der Waals surface area contributed by atoms with Gasteiger partial charge in [-0.05, 0) is 156 Å². The third kappa shape index (κ3) is 9.34. The number of carbonyl (C=O) groups is 1. The zero-order valence-corrected chi connectivity index (χ0v) is 34.0. The molecule has 0 atom stereocenters. The third-order valence-corrected chi connectivity index (χ3v) is 10.6. The van der Waals surface area contributed by atoms with E-state index < -0.39 is 5.97 Å². The highest BCUT2D eigenvalue weighted by Gasteiger charge is 2.15. The summed E-state index contributed by atoms with van der Waals surface area (Å²) in [6.07, 6.45) is 4.55. The van der Waals surface area contributed by atoms with E-state index in [1.54, 1.807) is 6.92 Å². The van der Waals surface area contributed by atoms with Gasteiger partial charge in [-0.2, -0.15) is 0 Å².